The fraction of sp³-hybridized carbons (Fsp3) is 0.192. The molecule has 176 valence electrons. The van der Waals surface area contributed by atoms with E-state index in [9.17, 15) is 9.59 Å². The molecule has 35 heavy (non-hydrogen) atoms. The third-order valence-electron chi connectivity index (χ3n) is 6.00. The fourth-order valence-electron chi connectivity index (χ4n) is 4.36. The van der Waals surface area contributed by atoms with Gasteiger partial charge in [0.1, 0.15) is 0 Å². The fourth-order valence-corrected chi connectivity index (χ4v) is 4.36. The molecule has 9 heteroatoms. The lowest BCUT2D eigenvalue weighted by atomic mass is 10.1. The second-order valence-electron chi connectivity index (χ2n) is 8.50. The maximum absolute atomic E-state index is 13.1. The van der Waals surface area contributed by atoms with Crippen LogP contribution in [-0.4, -0.2) is 37.5 Å². The lowest BCUT2D eigenvalue weighted by Gasteiger charge is -2.16. The van der Waals surface area contributed by atoms with Crippen molar-refractivity contribution in [2.75, 3.05) is 11.9 Å². The average molecular weight is 468 g/mol. The van der Waals surface area contributed by atoms with Gasteiger partial charge in [-0.3, -0.25) is 14.9 Å². The molecular weight excluding hydrogens is 442 g/mol. The van der Waals surface area contributed by atoms with Gasteiger partial charge in [0.25, 0.3) is 11.5 Å². The standard InChI is InChI=1S/C26H25N7O2/c1-16(27)24-17(2)28-12-13-32-22-9-4-3-8-20(22)29-26(32)30-25(35)19-7-5-6-18(14-19)15-33-23(34)11-10-21(24)31-33/h3-11,14,27-28H,12-13,15H2,1-2H3,(H,29,30,35)/b24-17+,27-16?. The van der Waals surface area contributed by atoms with Crippen LogP contribution >= 0.6 is 0 Å². The van der Waals surface area contributed by atoms with E-state index in [-0.39, 0.29) is 18.0 Å². The number of carbonyl (C=O) groups excluding carboxylic acids is 1. The quantitative estimate of drug-likeness (QED) is 0.372. The Labute approximate surface area is 201 Å². The normalized spacial score (nSPS) is 16.3. The zero-order valence-electron chi connectivity index (χ0n) is 19.5. The summed E-state index contributed by atoms with van der Waals surface area (Å²) >= 11 is 0. The number of fused-ring (bicyclic) bond motifs is 7. The summed E-state index contributed by atoms with van der Waals surface area (Å²) in [6, 6.07) is 18.0. The van der Waals surface area contributed by atoms with E-state index in [2.05, 4.69) is 20.7 Å². The van der Waals surface area contributed by atoms with Crippen LogP contribution in [0.3, 0.4) is 0 Å². The van der Waals surface area contributed by atoms with Crippen molar-refractivity contribution in [3.8, 4) is 0 Å². The predicted octanol–water partition coefficient (Wildman–Crippen LogP) is 3.27. The monoisotopic (exact) mass is 467 g/mol. The number of hydrogen-bond acceptors (Lipinski definition) is 6. The summed E-state index contributed by atoms with van der Waals surface area (Å²) in [5.74, 6) is 0.180. The molecule has 1 aliphatic rings. The molecule has 1 amide bonds. The van der Waals surface area contributed by atoms with Crippen molar-refractivity contribution >= 4 is 34.2 Å². The van der Waals surface area contributed by atoms with E-state index in [0.29, 0.717) is 41.6 Å². The highest BCUT2D eigenvalue weighted by Gasteiger charge is 2.17. The van der Waals surface area contributed by atoms with Crippen molar-refractivity contribution in [2.24, 2.45) is 0 Å². The van der Waals surface area contributed by atoms with Crippen molar-refractivity contribution in [1.82, 2.24) is 24.6 Å². The first kappa shape index (κ1) is 22.3. The molecule has 0 atom stereocenters. The molecule has 2 aromatic carbocycles. The van der Waals surface area contributed by atoms with Gasteiger partial charge >= 0.3 is 0 Å². The van der Waals surface area contributed by atoms with Crippen LogP contribution in [0.5, 0.6) is 0 Å². The van der Waals surface area contributed by atoms with Gasteiger partial charge in [0.2, 0.25) is 5.95 Å². The van der Waals surface area contributed by atoms with Crippen LogP contribution in [0.1, 0.15) is 35.5 Å². The van der Waals surface area contributed by atoms with E-state index in [1.807, 2.05) is 41.8 Å². The molecule has 3 heterocycles. The van der Waals surface area contributed by atoms with Gasteiger partial charge in [0, 0.05) is 41.7 Å². The lowest BCUT2D eigenvalue weighted by molar-refractivity contribution is 0.102. The largest absolute Gasteiger partial charge is 0.386 e. The lowest BCUT2D eigenvalue weighted by Crippen LogP contribution is -2.26. The van der Waals surface area contributed by atoms with E-state index < -0.39 is 0 Å². The Kier molecular flexibility index (Phi) is 5.74. The molecule has 5 rings (SSSR count). The van der Waals surface area contributed by atoms with Crippen molar-refractivity contribution in [3.63, 3.8) is 0 Å². The molecule has 9 nitrogen and oxygen atoms in total. The number of allylic oxidation sites excluding steroid dienone is 2. The summed E-state index contributed by atoms with van der Waals surface area (Å²) in [4.78, 5) is 30.3. The van der Waals surface area contributed by atoms with Gasteiger partial charge < -0.3 is 15.3 Å². The Morgan fingerprint density at radius 3 is 2.71 bits per heavy atom. The van der Waals surface area contributed by atoms with Crippen LogP contribution < -0.4 is 16.2 Å². The molecule has 0 saturated carbocycles. The molecule has 0 aliphatic carbocycles. The summed E-state index contributed by atoms with van der Waals surface area (Å²) in [6.45, 7) is 4.86. The number of imidazole rings is 1. The third-order valence-corrected chi connectivity index (χ3v) is 6.00. The number of nitrogens with one attached hydrogen (secondary N) is 3. The van der Waals surface area contributed by atoms with Crippen molar-refractivity contribution in [2.45, 2.75) is 26.9 Å². The second-order valence-corrected chi connectivity index (χ2v) is 8.50. The number of amides is 1. The van der Waals surface area contributed by atoms with Crippen molar-refractivity contribution in [1.29, 1.82) is 5.41 Å². The molecule has 0 unspecified atom stereocenters. The zero-order valence-corrected chi connectivity index (χ0v) is 19.5. The average Bonchev–Trinajstić information content (AvgIpc) is 3.17. The summed E-state index contributed by atoms with van der Waals surface area (Å²) in [7, 11) is 0. The second kappa shape index (κ2) is 9.02. The molecule has 0 spiro atoms. The summed E-state index contributed by atoms with van der Waals surface area (Å²) < 4.78 is 3.33. The smallest absolute Gasteiger partial charge is 0.267 e. The number of rotatable bonds is 1. The summed E-state index contributed by atoms with van der Waals surface area (Å²) in [6.07, 6.45) is 0. The minimum Gasteiger partial charge on any atom is -0.386 e. The van der Waals surface area contributed by atoms with Crippen molar-refractivity contribution in [3.05, 3.63) is 93.5 Å². The summed E-state index contributed by atoms with van der Waals surface area (Å²) in [5.41, 5.74) is 4.97. The van der Waals surface area contributed by atoms with Crippen LogP contribution in [0.4, 0.5) is 5.95 Å². The van der Waals surface area contributed by atoms with Gasteiger partial charge in [0.05, 0.1) is 23.3 Å². The molecular formula is C26H25N7O2. The van der Waals surface area contributed by atoms with Gasteiger partial charge in [0.15, 0.2) is 0 Å². The Hall–Kier alpha value is -4.53. The number of benzene rings is 2. The Bertz CT molecular complexity index is 1560. The Balaban J connectivity index is 1.66. The van der Waals surface area contributed by atoms with Gasteiger partial charge in [-0.15, -0.1) is 0 Å². The number of carbonyl (C=O) groups is 1. The van der Waals surface area contributed by atoms with Crippen LogP contribution in [0, 0.1) is 5.41 Å². The van der Waals surface area contributed by atoms with Gasteiger partial charge in [-0.2, -0.15) is 5.10 Å². The van der Waals surface area contributed by atoms with Crippen LogP contribution in [-0.2, 0) is 13.1 Å². The van der Waals surface area contributed by atoms with Gasteiger partial charge in [-0.05, 0) is 49.7 Å². The molecule has 3 N–H and O–H groups in total. The molecule has 2 aromatic heterocycles. The van der Waals surface area contributed by atoms with Crippen LogP contribution in [0.15, 0.2) is 71.2 Å². The minimum absolute atomic E-state index is 0.198. The summed E-state index contributed by atoms with van der Waals surface area (Å²) in [5, 5.41) is 19.2. The van der Waals surface area contributed by atoms with Gasteiger partial charge in [-0.25, -0.2) is 9.67 Å². The molecule has 0 saturated heterocycles. The number of anilines is 1. The zero-order chi connectivity index (χ0) is 24.5. The number of aromatic nitrogens is 4. The van der Waals surface area contributed by atoms with Crippen molar-refractivity contribution < 1.29 is 4.79 Å². The Morgan fingerprint density at radius 2 is 1.89 bits per heavy atom. The first-order valence-electron chi connectivity index (χ1n) is 11.3. The Morgan fingerprint density at radius 1 is 1.06 bits per heavy atom. The van der Waals surface area contributed by atoms with Gasteiger partial charge in [-0.1, -0.05) is 24.3 Å². The molecule has 4 bridgehead atoms. The first-order chi connectivity index (χ1) is 16.9. The third kappa shape index (κ3) is 4.35. The molecule has 1 aliphatic heterocycles. The number of para-hydroxylation sites is 2. The molecule has 0 fully saturated rings. The predicted molar refractivity (Wildman–Crippen MR) is 136 cm³/mol. The SMILES string of the molecule is CC(=N)/C1=C(/C)NCCn2c(nc3ccccc32)NC(=O)c2cccc(c2)Cn2nc1ccc2=O. The van der Waals surface area contributed by atoms with E-state index in [0.717, 1.165) is 22.3 Å². The molecule has 0 radical (unpaired) electrons. The highest BCUT2D eigenvalue weighted by molar-refractivity contribution is 6.21. The van der Waals surface area contributed by atoms with Crippen LogP contribution in [0.25, 0.3) is 16.6 Å². The number of nitrogens with zero attached hydrogens (tertiary/aromatic N) is 4. The number of hydrogen-bond donors (Lipinski definition) is 3. The van der Waals surface area contributed by atoms with E-state index >= 15 is 0 Å². The maximum atomic E-state index is 13.1. The first-order valence-corrected chi connectivity index (χ1v) is 11.3. The van der Waals surface area contributed by atoms with E-state index in [1.165, 1.54) is 10.7 Å². The molecule has 4 aromatic rings. The van der Waals surface area contributed by atoms with E-state index in [4.69, 9.17) is 5.41 Å². The van der Waals surface area contributed by atoms with Crippen LogP contribution in [0.2, 0.25) is 0 Å². The highest BCUT2D eigenvalue weighted by atomic mass is 16.2. The highest BCUT2D eigenvalue weighted by Crippen LogP contribution is 2.21. The van der Waals surface area contributed by atoms with E-state index in [1.54, 1.807) is 31.2 Å². The topological polar surface area (TPSA) is 118 Å². The maximum Gasteiger partial charge on any atom is 0.267 e. The minimum atomic E-state index is -0.282.